The molecule has 1 saturated carbocycles. The van der Waals surface area contributed by atoms with Gasteiger partial charge in [-0.2, -0.15) is 0 Å². The average Bonchev–Trinajstić information content (AvgIpc) is 3.05. The number of hydrogen-bond acceptors (Lipinski definition) is 3. The number of nitrogen functional groups attached to an aromatic ring is 1. The molecule has 3 rings (SSSR count). The van der Waals surface area contributed by atoms with Crippen LogP contribution in [0.3, 0.4) is 0 Å². The van der Waals surface area contributed by atoms with Crippen molar-refractivity contribution in [1.29, 1.82) is 0 Å². The molecule has 0 radical (unpaired) electrons. The van der Waals surface area contributed by atoms with Crippen molar-refractivity contribution in [1.82, 2.24) is 9.55 Å². The van der Waals surface area contributed by atoms with Crippen molar-refractivity contribution in [3.8, 4) is 0 Å². The lowest BCUT2D eigenvalue weighted by Gasteiger charge is -2.27. The van der Waals surface area contributed by atoms with Gasteiger partial charge in [-0.1, -0.05) is 12.8 Å². The van der Waals surface area contributed by atoms with Crippen LogP contribution in [0, 0.1) is 0 Å². The van der Waals surface area contributed by atoms with Gasteiger partial charge in [0.15, 0.2) is 0 Å². The highest BCUT2D eigenvalue weighted by atomic mass is 16.5. The molecule has 0 bridgehead atoms. The first-order valence-corrected chi connectivity index (χ1v) is 8.44. The number of rotatable bonds is 2. The fraction of sp³-hybridized carbons (Fsp3) is 0.824. The Morgan fingerprint density at radius 1 is 1.05 bits per heavy atom. The minimum atomic E-state index is -0.00156. The minimum Gasteiger partial charge on any atom is -0.384 e. The lowest BCUT2D eigenvalue weighted by Crippen LogP contribution is -2.27. The molecule has 2 fully saturated rings. The highest BCUT2D eigenvalue weighted by molar-refractivity contribution is 5.43. The number of aromatic nitrogens is 2. The zero-order chi connectivity index (χ0) is 15.0. The Balaban J connectivity index is 2.01. The second kappa shape index (κ2) is 5.64. The van der Waals surface area contributed by atoms with Crippen molar-refractivity contribution >= 4 is 5.82 Å². The van der Waals surface area contributed by atoms with Crippen LogP contribution in [0.2, 0.25) is 0 Å². The molecule has 0 unspecified atom stereocenters. The minimum absolute atomic E-state index is 0.00156. The lowest BCUT2D eigenvalue weighted by molar-refractivity contribution is 0.0847. The van der Waals surface area contributed by atoms with Gasteiger partial charge in [-0.15, -0.1) is 0 Å². The van der Waals surface area contributed by atoms with Crippen LogP contribution in [0.1, 0.15) is 82.7 Å². The predicted octanol–water partition coefficient (Wildman–Crippen LogP) is 3.77. The van der Waals surface area contributed by atoms with E-state index in [0.717, 1.165) is 37.6 Å². The molecule has 2 heterocycles. The van der Waals surface area contributed by atoms with Gasteiger partial charge in [0, 0.05) is 30.6 Å². The number of ether oxygens (including phenoxy) is 1. The summed E-state index contributed by atoms with van der Waals surface area (Å²) in [7, 11) is 0. The highest BCUT2D eigenvalue weighted by Gasteiger charge is 2.32. The molecule has 1 aliphatic carbocycles. The molecule has 21 heavy (non-hydrogen) atoms. The Morgan fingerprint density at radius 3 is 2.24 bits per heavy atom. The van der Waals surface area contributed by atoms with Gasteiger partial charge in [0.1, 0.15) is 11.6 Å². The molecule has 1 aromatic heterocycles. The van der Waals surface area contributed by atoms with Crippen LogP contribution in [0.4, 0.5) is 5.82 Å². The fourth-order valence-electron chi connectivity index (χ4n) is 3.90. The summed E-state index contributed by atoms with van der Waals surface area (Å²) in [6.45, 7) is 8.38. The Morgan fingerprint density at radius 2 is 1.67 bits per heavy atom. The van der Waals surface area contributed by atoms with Gasteiger partial charge < -0.3 is 15.0 Å². The largest absolute Gasteiger partial charge is 0.384 e. The summed E-state index contributed by atoms with van der Waals surface area (Å²) in [5, 5.41) is 0. The maximum atomic E-state index is 6.55. The van der Waals surface area contributed by atoms with Crippen LogP contribution in [-0.2, 0) is 10.3 Å². The van der Waals surface area contributed by atoms with Crippen molar-refractivity contribution in [2.75, 3.05) is 18.9 Å². The van der Waals surface area contributed by atoms with Gasteiger partial charge in [0.2, 0.25) is 0 Å². The summed E-state index contributed by atoms with van der Waals surface area (Å²) in [6, 6.07) is 0. The van der Waals surface area contributed by atoms with Crippen LogP contribution < -0.4 is 5.73 Å². The van der Waals surface area contributed by atoms with Gasteiger partial charge in [0.05, 0.1) is 5.69 Å². The van der Waals surface area contributed by atoms with Crippen molar-refractivity contribution < 1.29 is 4.74 Å². The smallest absolute Gasteiger partial charge is 0.127 e. The molecule has 118 valence electrons. The van der Waals surface area contributed by atoms with Crippen molar-refractivity contribution in [2.24, 2.45) is 0 Å². The van der Waals surface area contributed by atoms with Crippen LogP contribution in [0.25, 0.3) is 0 Å². The maximum Gasteiger partial charge on any atom is 0.127 e. The van der Waals surface area contributed by atoms with E-state index >= 15 is 0 Å². The first-order chi connectivity index (χ1) is 9.98. The number of anilines is 1. The standard InChI is InChI=1S/C17H29N3O/c1-17(2,3)20-15(18)14(12-8-10-21-11-9-12)19-16(20)13-6-4-5-7-13/h12-13H,4-11,18H2,1-3H3. The van der Waals surface area contributed by atoms with Crippen molar-refractivity contribution in [3.05, 3.63) is 11.5 Å². The third-order valence-electron chi connectivity index (χ3n) is 4.97. The number of nitrogens with zero attached hydrogens (tertiary/aromatic N) is 2. The molecule has 2 N–H and O–H groups in total. The van der Waals surface area contributed by atoms with E-state index in [-0.39, 0.29) is 5.54 Å². The Kier molecular flexibility index (Phi) is 4.00. The summed E-state index contributed by atoms with van der Waals surface area (Å²) in [6.07, 6.45) is 7.28. The third kappa shape index (κ3) is 2.83. The van der Waals surface area contributed by atoms with E-state index in [2.05, 4.69) is 25.3 Å². The predicted molar refractivity (Wildman–Crippen MR) is 85.6 cm³/mol. The molecule has 0 aromatic carbocycles. The normalized spacial score (nSPS) is 22.0. The number of hydrogen-bond donors (Lipinski definition) is 1. The third-order valence-corrected chi connectivity index (χ3v) is 4.97. The van der Waals surface area contributed by atoms with Crippen LogP contribution >= 0.6 is 0 Å². The summed E-state index contributed by atoms with van der Waals surface area (Å²) < 4.78 is 7.80. The van der Waals surface area contributed by atoms with Gasteiger partial charge >= 0.3 is 0 Å². The molecular weight excluding hydrogens is 262 g/mol. The Bertz CT molecular complexity index is 489. The highest BCUT2D eigenvalue weighted by Crippen LogP contribution is 2.40. The molecule has 1 aliphatic heterocycles. The van der Waals surface area contributed by atoms with Gasteiger partial charge in [-0.3, -0.25) is 0 Å². The molecule has 0 spiro atoms. The summed E-state index contributed by atoms with van der Waals surface area (Å²) in [4.78, 5) is 5.06. The SMILES string of the molecule is CC(C)(C)n1c(C2CCCC2)nc(C2CCOCC2)c1N. The van der Waals surface area contributed by atoms with E-state index in [1.165, 1.54) is 31.5 Å². The van der Waals surface area contributed by atoms with E-state index < -0.39 is 0 Å². The number of imidazole rings is 1. The number of nitrogens with two attached hydrogens (primary N) is 1. The van der Waals surface area contributed by atoms with Crippen molar-refractivity contribution in [2.45, 2.75) is 76.7 Å². The lowest BCUT2D eigenvalue weighted by atomic mass is 9.96. The molecule has 1 aromatic rings. The van der Waals surface area contributed by atoms with E-state index in [4.69, 9.17) is 15.5 Å². The zero-order valence-corrected chi connectivity index (χ0v) is 13.7. The van der Waals surface area contributed by atoms with Crippen LogP contribution in [-0.4, -0.2) is 22.8 Å². The first kappa shape index (κ1) is 14.9. The molecule has 0 atom stereocenters. The quantitative estimate of drug-likeness (QED) is 0.902. The summed E-state index contributed by atoms with van der Waals surface area (Å²) in [5.41, 5.74) is 7.68. The molecule has 4 heteroatoms. The summed E-state index contributed by atoms with van der Waals surface area (Å²) in [5.74, 6) is 3.21. The second-order valence-electron chi connectivity index (χ2n) is 7.61. The first-order valence-electron chi connectivity index (χ1n) is 8.44. The molecular formula is C17H29N3O. The van der Waals surface area contributed by atoms with Crippen LogP contribution in [0.15, 0.2) is 0 Å². The van der Waals surface area contributed by atoms with Gasteiger partial charge in [-0.05, 0) is 46.5 Å². The van der Waals surface area contributed by atoms with Gasteiger partial charge in [-0.25, -0.2) is 4.98 Å². The second-order valence-corrected chi connectivity index (χ2v) is 7.61. The van der Waals surface area contributed by atoms with E-state index in [1.54, 1.807) is 0 Å². The average molecular weight is 291 g/mol. The Labute approximate surface area is 128 Å². The molecule has 4 nitrogen and oxygen atoms in total. The molecule has 1 saturated heterocycles. The zero-order valence-electron chi connectivity index (χ0n) is 13.7. The Hall–Kier alpha value is -1.03. The monoisotopic (exact) mass is 291 g/mol. The van der Waals surface area contributed by atoms with Crippen molar-refractivity contribution in [3.63, 3.8) is 0 Å². The topological polar surface area (TPSA) is 53.1 Å². The van der Waals surface area contributed by atoms with E-state index in [0.29, 0.717) is 11.8 Å². The summed E-state index contributed by atoms with van der Waals surface area (Å²) >= 11 is 0. The fourth-order valence-corrected chi connectivity index (χ4v) is 3.90. The van der Waals surface area contributed by atoms with E-state index in [9.17, 15) is 0 Å². The van der Waals surface area contributed by atoms with Crippen LogP contribution in [0.5, 0.6) is 0 Å². The van der Waals surface area contributed by atoms with Gasteiger partial charge in [0.25, 0.3) is 0 Å². The molecule has 0 amide bonds. The molecule has 2 aliphatic rings. The maximum absolute atomic E-state index is 6.55. The van der Waals surface area contributed by atoms with E-state index in [1.807, 2.05) is 0 Å².